The fourth-order valence-corrected chi connectivity index (χ4v) is 14.3. The molecule has 0 atom stereocenters. The summed E-state index contributed by atoms with van der Waals surface area (Å²) in [4.78, 5) is 26.4. The average molecular weight is 1530 g/mol. The van der Waals surface area contributed by atoms with Gasteiger partial charge in [-0.1, -0.05) is 73.8 Å². The highest BCUT2D eigenvalue weighted by Gasteiger charge is 2.52. The van der Waals surface area contributed by atoms with Crippen LogP contribution in [-0.2, 0) is 39.4 Å². The second kappa shape index (κ2) is 30.4. The largest absolute Gasteiger partial charge is 0.494 e. The van der Waals surface area contributed by atoms with E-state index in [1.807, 2.05) is 72.7 Å². The van der Waals surface area contributed by atoms with Crippen molar-refractivity contribution in [3.8, 4) is 58.9 Å². The molecule has 32 heteroatoms. The van der Waals surface area contributed by atoms with Crippen molar-refractivity contribution in [2.24, 2.45) is 5.14 Å². The summed E-state index contributed by atoms with van der Waals surface area (Å²) in [6, 6.07) is 25.2. The van der Waals surface area contributed by atoms with Crippen LogP contribution in [0.4, 0.5) is 34.9 Å². The first kappa shape index (κ1) is 76.7. The third kappa shape index (κ3) is 21.1. The second-order valence-corrected chi connectivity index (χ2v) is 39.8. The van der Waals surface area contributed by atoms with Gasteiger partial charge in [0.2, 0.25) is 30.1 Å². The summed E-state index contributed by atoms with van der Waals surface area (Å²) in [6.45, 7) is 25.3. The van der Waals surface area contributed by atoms with E-state index in [0.717, 1.165) is 48.5 Å². The Balaban J connectivity index is 0.000000149. The summed E-state index contributed by atoms with van der Waals surface area (Å²) >= 11 is 3.31. The topological polar surface area (TPSA) is 370 Å². The molecular formula is C71H84BBrN18O8S3Si. The van der Waals surface area contributed by atoms with Gasteiger partial charge in [-0.15, -0.1) is 18.4 Å². The number of primary sulfonamides is 1. The van der Waals surface area contributed by atoms with Gasteiger partial charge in [0.1, 0.15) is 8.07 Å². The van der Waals surface area contributed by atoms with Crippen LogP contribution < -0.4 is 36.0 Å². The Morgan fingerprint density at radius 1 is 0.553 bits per heavy atom. The zero-order valence-corrected chi connectivity index (χ0v) is 64.6. The molecule has 4 aliphatic rings. The number of anilines is 6. The van der Waals surface area contributed by atoms with Crippen molar-refractivity contribution in [2.45, 2.75) is 182 Å². The highest BCUT2D eigenvalue weighted by Crippen LogP contribution is 2.42. The molecule has 26 nitrogen and oxygen atoms in total. The third-order valence-corrected chi connectivity index (χ3v) is 21.9. The van der Waals surface area contributed by atoms with E-state index in [4.69, 9.17) is 27.3 Å². The first-order valence-corrected chi connectivity index (χ1v) is 42.0. The molecule has 4 fully saturated rings. The maximum Gasteiger partial charge on any atom is 0.494 e. The van der Waals surface area contributed by atoms with Gasteiger partial charge < -0.3 is 25.3 Å². The molecule has 0 radical (unpaired) electrons. The van der Waals surface area contributed by atoms with Crippen LogP contribution in [0.25, 0.3) is 22.8 Å². The number of nitrogens with two attached hydrogens (primary N) is 1. The monoisotopic (exact) mass is 1530 g/mol. The Bertz CT molecular complexity index is 5110. The predicted molar refractivity (Wildman–Crippen MR) is 406 cm³/mol. The summed E-state index contributed by atoms with van der Waals surface area (Å²) in [5.74, 6) is 14.2. The standard InChI is InChI=1S/C22H24N6O2S.C18H16N6O2S.C16H26BNO4S.C15H18BrN5Si/c1-5-14-13-23-20(25-21(14)24-19-12-18(26-27-19)15-9-10-15)16-7-6-8-17(11-16)31(29,30)28-22(2,3)4;1-2-11-10-20-17(13-4-3-5-14(8-13)27(19,25)26)22-18(11)21-16-9-15(23-24-16)12-6-7-12;1-14(2,3)18-23(19,20)13-10-8-9-12(11-13)17-21-15(4,5)16(6,7)22-17;1-22(2,3)7-6-11-9-17-15(16)19-14(11)18-13-8-12(20-21-13)10-4-5-10/h1,6-8,11-13,15,28H,9-10H2,2-4H3,(H2,23,24,25,26,27);1,3-5,8-10,12H,6-7H2,(H2,19,25,26)(H2,20,21,22,23,24);8-11,18H,1-7H3;8-10H,4-5H2,1-3H3,(H2,17,18,19,20,21). The molecule has 103 heavy (non-hydrogen) atoms. The molecule has 1 saturated heterocycles. The first-order valence-electron chi connectivity index (χ1n) is 33.2. The van der Waals surface area contributed by atoms with Crippen molar-refractivity contribution < 1.29 is 34.6 Å². The van der Waals surface area contributed by atoms with E-state index in [0.29, 0.717) is 90.9 Å². The average Bonchev–Trinajstić information content (AvgIpc) is 1.66. The number of halogens is 1. The molecule has 7 heterocycles. The number of nitrogens with zero attached hydrogens (tertiary/aromatic N) is 9. The van der Waals surface area contributed by atoms with Gasteiger partial charge in [-0.25, -0.2) is 69.7 Å². The molecule has 3 saturated carbocycles. The van der Waals surface area contributed by atoms with Crippen molar-refractivity contribution >= 4 is 102 Å². The van der Waals surface area contributed by atoms with Crippen molar-refractivity contribution in [1.29, 1.82) is 0 Å². The molecular weight excluding hydrogens is 1450 g/mol. The number of nitrogens with one attached hydrogen (secondary N) is 8. The molecule has 0 unspecified atom stereocenters. The minimum atomic E-state index is -3.82. The maximum absolute atomic E-state index is 12.7. The number of hydrogen-bond acceptors (Lipinski definition) is 20. The number of hydrogen-bond donors (Lipinski definition) is 9. The van der Waals surface area contributed by atoms with E-state index >= 15 is 0 Å². The van der Waals surface area contributed by atoms with Crippen molar-refractivity contribution in [3.63, 3.8) is 0 Å². The lowest BCUT2D eigenvalue weighted by molar-refractivity contribution is 0.00578. The van der Waals surface area contributed by atoms with E-state index in [2.05, 4.69) is 145 Å². The van der Waals surface area contributed by atoms with E-state index in [9.17, 15) is 25.3 Å². The van der Waals surface area contributed by atoms with Crippen LogP contribution in [-0.4, -0.2) is 123 Å². The fourth-order valence-electron chi connectivity index (χ4n) is 9.97. The minimum Gasteiger partial charge on any atom is -0.399 e. The third-order valence-electron chi connectivity index (χ3n) is 16.2. The van der Waals surface area contributed by atoms with E-state index < -0.39 is 67.5 Å². The molecule has 6 aromatic heterocycles. The molecule has 3 aromatic carbocycles. The molecule has 9 aromatic rings. The molecule has 0 amide bonds. The lowest BCUT2D eigenvalue weighted by atomic mass is 9.79. The summed E-state index contributed by atoms with van der Waals surface area (Å²) in [7, 11) is -13.1. The Kier molecular flexibility index (Phi) is 22.6. The van der Waals surface area contributed by atoms with Crippen LogP contribution in [0, 0.1) is 36.2 Å². The SMILES string of the molecule is C#Cc1cnc(-c2cccc(S(=O)(=O)NC(C)(C)C)c2)nc1Nc1cc(C2CC2)[nH]n1.C#Cc1cnc(-c2cccc(S(N)(=O)=O)c2)nc1Nc1cc(C2CC2)[nH]n1.CC(C)(C)NS(=O)(=O)c1cccc(B2OC(C)(C)C(C)(C)O2)c1.C[Si](C)(C)C#Cc1cnc(Br)nc1Nc1cc(C2CC2)[nH]n1. The van der Waals surface area contributed by atoms with Crippen molar-refractivity contribution in [1.82, 2.24) is 69.9 Å². The Morgan fingerprint density at radius 3 is 1.32 bits per heavy atom. The normalized spacial score (nSPS) is 15.6. The highest BCUT2D eigenvalue weighted by molar-refractivity contribution is 9.10. The summed E-state index contributed by atoms with van der Waals surface area (Å²) in [5, 5.41) is 36.6. The van der Waals surface area contributed by atoms with Gasteiger partial charge in [-0.2, -0.15) is 15.3 Å². The molecule has 0 spiro atoms. The number of aromatic nitrogens is 12. The zero-order chi connectivity index (χ0) is 74.7. The molecule has 0 bridgehead atoms. The van der Waals surface area contributed by atoms with Gasteiger partial charge >= 0.3 is 7.12 Å². The predicted octanol–water partition coefficient (Wildman–Crippen LogP) is 11.5. The summed E-state index contributed by atoms with van der Waals surface area (Å²) < 4.78 is 91.3. The number of benzene rings is 3. The van der Waals surface area contributed by atoms with Crippen LogP contribution in [0.3, 0.4) is 0 Å². The van der Waals surface area contributed by atoms with E-state index in [1.165, 1.54) is 49.1 Å². The number of H-pyrrole nitrogens is 3. The zero-order valence-electron chi connectivity index (χ0n) is 59.6. The van der Waals surface area contributed by atoms with E-state index in [1.54, 1.807) is 75.5 Å². The second-order valence-electron chi connectivity index (χ2n) is 29.4. The van der Waals surface area contributed by atoms with Gasteiger partial charge in [-0.3, -0.25) is 15.3 Å². The lowest BCUT2D eigenvalue weighted by Crippen LogP contribution is -2.41. The van der Waals surface area contributed by atoms with E-state index in [-0.39, 0.29) is 14.7 Å². The van der Waals surface area contributed by atoms with Crippen molar-refractivity contribution in [3.05, 3.63) is 148 Å². The molecule has 1 aliphatic heterocycles. The highest BCUT2D eigenvalue weighted by atomic mass is 79.9. The quantitative estimate of drug-likeness (QED) is 0.0232. The van der Waals surface area contributed by atoms with Gasteiger partial charge in [0.25, 0.3) is 0 Å². The van der Waals surface area contributed by atoms with Crippen molar-refractivity contribution in [2.75, 3.05) is 16.0 Å². The number of sulfonamides is 3. The Labute approximate surface area is 612 Å². The maximum atomic E-state index is 12.7. The number of rotatable bonds is 17. The fraction of sp³-hybridized carbons (Fsp3) is 0.366. The summed E-state index contributed by atoms with van der Waals surface area (Å²) in [5.41, 5.74) is 8.14. The van der Waals surface area contributed by atoms with Crippen LogP contribution >= 0.6 is 15.9 Å². The number of aromatic amines is 3. The molecule has 13 rings (SSSR count). The number of terminal acetylenes is 2. The van der Waals surface area contributed by atoms with Crippen LogP contribution in [0.5, 0.6) is 0 Å². The Hall–Kier alpha value is -8.98. The van der Waals surface area contributed by atoms with Gasteiger partial charge in [0.15, 0.2) is 51.3 Å². The first-order chi connectivity index (χ1) is 48.2. The molecule has 538 valence electrons. The smallest absolute Gasteiger partial charge is 0.399 e. The van der Waals surface area contributed by atoms with Crippen LogP contribution in [0.15, 0.2) is 129 Å². The summed E-state index contributed by atoms with van der Waals surface area (Å²) in [6.07, 6.45) is 23.1. The van der Waals surface area contributed by atoms with Gasteiger partial charge in [-0.05, 0) is 166 Å². The van der Waals surface area contributed by atoms with Crippen LogP contribution in [0.2, 0.25) is 19.6 Å². The lowest BCUT2D eigenvalue weighted by Gasteiger charge is -2.32. The van der Waals surface area contributed by atoms with Crippen LogP contribution in [0.1, 0.15) is 159 Å². The molecule has 3 aliphatic carbocycles. The molecule has 10 N–H and O–H groups in total. The Morgan fingerprint density at radius 2 is 0.932 bits per heavy atom. The minimum absolute atomic E-state index is 0.0134. The van der Waals surface area contributed by atoms with Gasteiger partial charge in [0, 0.05) is 93.8 Å². The van der Waals surface area contributed by atoms with Gasteiger partial charge in [0.05, 0.1) is 42.6 Å².